The Morgan fingerprint density at radius 1 is 1.60 bits per heavy atom. The molecule has 2 rings (SSSR count). The third kappa shape index (κ3) is 1.62. The smallest absolute Gasteiger partial charge is 0.284 e. The summed E-state index contributed by atoms with van der Waals surface area (Å²) >= 11 is 3.34. The minimum Gasteiger partial charge on any atom is -0.294 e. The number of imidazole rings is 1. The molecule has 2 aromatic heterocycles. The van der Waals surface area contributed by atoms with Gasteiger partial charge in [-0.15, -0.1) is 0 Å². The lowest BCUT2D eigenvalue weighted by molar-refractivity contribution is 0.0947. The van der Waals surface area contributed by atoms with Gasteiger partial charge in [-0.1, -0.05) is 0 Å². The zero-order valence-corrected chi connectivity index (χ0v) is 9.58. The molecule has 2 heterocycles. The molecule has 0 aliphatic rings. The van der Waals surface area contributed by atoms with E-state index in [9.17, 15) is 4.79 Å². The van der Waals surface area contributed by atoms with Crippen molar-refractivity contribution in [2.75, 3.05) is 0 Å². The highest BCUT2D eigenvalue weighted by atomic mass is 79.9. The highest BCUT2D eigenvalue weighted by molar-refractivity contribution is 9.10. The van der Waals surface area contributed by atoms with Gasteiger partial charge in [-0.3, -0.25) is 14.6 Å². The van der Waals surface area contributed by atoms with Gasteiger partial charge >= 0.3 is 0 Å². The molecule has 0 saturated carbocycles. The Morgan fingerprint density at radius 2 is 2.33 bits per heavy atom. The van der Waals surface area contributed by atoms with Crippen LogP contribution in [0.5, 0.6) is 0 Å². The fourth-order valence-corrected chi connectivity index (χ4v) is 1.82. The maximum Gasteiger partial charge on any atom is 0.284 e. The zero-order chi connectivity index (χ0) is 11.0. The molecule has 0 spiro atoms. The van der Waals surface area contributed by atoms with Crippen molar-refractivity contribution in [1.82, 2.24) is 14.8 Å². The average molecular weight is 269 g/mol. The number of aromatic nitrogens is 2. The summed E-state index contributed by atoms with van der Waals surface area (Å²) in [7, 11) is 0. The molecule has 3 N–H and O–H groups in total. The van der Waals surface area contributed by atoms with Crippen LogP contribution < -0.4 is 11.3 Å². The molecule has 2 aromatic rings. The Hall–Kier alpha value is -1.40. The first-order valence-corrected chi connectivity index (χ1v) is 5.08. The van der Waals surface area contributed by atoms with E-state index in [1.165, 1.54) is 0 Å². The standard InChI is InChI=1S/C9H9BrN4O/c1-5-8(9(15)13-11)14-4-6(10)2-3-7(14)12-5/h2-4H,11H2,1H3,(H,13,15). The van der Waals surface area contributed by atoms with Gasteiger partial charge in [0.25, 0.3) is 5.91 Å². The number of nitrogens with two attached hydrogens (primary N) is 1. The number of hydrazine groups is 1. The first-order valence-electron chi connectivity index (χ1n) is 4.28. The SMILES string of the molecule is Cc1nc2ccc(Br)cn2c1C(=O)NN. The van der Waals surface area contributed by atoms with E-state index >= 15 is 0 Å². The van der Waals surface area contributed by atoms with E-state index in [2.05, 4.69) is 26.3 Å². The molecule has 1 amide bonds. The molecule has 5 nitrogen and oxygen atoms in total. The van der Waals surface area contributed by atoms with Gasteiger partial charge in [0.05, 0.1) is 5.69 Å². The van der Waals surface area contributed by atoms with Crippen molar-refractivity contribution in [3.05, 3.63) is 34.2 Å². The van der Waals surface area contributed by atoms with E-state index in [0.717, 1.165) is 4.47 Å². The number of pyridine rings is 1. The van der Waals surface area contributed by atoms with E-state index in [-0.39, 0.29) is 5.91 Å². The molecule has 15 heavy (non-hydrogen) atoms. The van der Waals surface area contributed by atoms with Crippen LogP contribution in [0.3, 0.4) is 0 Å². The summed E-state index contributed by atoms with van der Waals surface area (Å²) in [5.74, 6) is 4.76. The summed E-state index contributed by atoms with van der Waals surface area (Å²) < 4.78 is 2.57. The molecule has 6 heteroatoms. The zero-order valence-electron chi connectivity index (χ0n) is 7.99. The van der Waals surface area contributed by atoms with Gasteiger partial charge in [0.15, 0.2) is 0 Å². The molecule has 0 fully saturated rings. The third-order valence-corrected chi connectivity index (χ3v) is 2.57. The second-order valence-electron chi connectivity index (χ2n) is 3.09. The summed E-state index contributed by atoms with van der Waals surface area (Å²) in [5, 5.41) is 0. The number of hydrogen-bond donors (Lipinski definition) is 2. The van der Waals surface area contributed by atoms with Gasteiger partial charge in [-0.25, -0.2) is 10.8 Å². The van der Waals surface area contributed by atoms with Gasteiger partial charge in [-0.2, -0.15) is 0 Å². The number of carbonyl (C=O) groups excluding carboxylic acids is 1. The second kappa shape index (κ2) is 3.63. The van der Waals surface area contributed by atoms with Crippen molar-refractivity contribution in [3.8, 4) is 0 Å². The maximum absolute atomic E-state index is 11.5. The van der Waals surface area contributed by atoms with Crippen LogP contribution >= 0.6 is 15.9 Å². The number of nitrogens with one attached hydrogen (secondary N) is 1. The number of rotatable bonds is 1. The van der Waals surface area contributed by atoms with Crippen LogP contribution in [0.1, 0.15) is 16.2 Å². The highest BCUT2D eigenvalue weighted by Crippen LogP contribution is 2.16. The fourth-order valence-electron chi connectivity index (χ4n) is 1.48. The average Bonchev–Trinajstić information content (AvgIpc) is 2.52. The molecular weight excluding hydrogens is 260 g/mol. The molecule has 0 aliphatic carbocycles. The van der Waals surface area contributed by atoms with Crippen LogP contribution in [0, 0.1) is 6.92 Å². The number of aryl methyl sites for hydroxylation is 1. The van der Waals surface area contributed by atoms with Gasteiger partial charge in [0, 0.05) is 10.7 Å². The minimum atomic E-state index is -0.349. The molecule has 78 valence electrons. The Morgan fingerprint density at radius 3 is 3.00 bits per heavy atom. The van der Waals surface area contributed by atoms with Gasteiger partial charge < -0.3 is 0 Å². The molecule has 0 unspecified atom stereocenters. The Bertz CT molecular complexity index is 534. The van der Waals surface area contributed by atoms with Gasteiger partial charge in [-0.05, 0) is 35.0 Å². The molecule has 0 radical (unpaired) electrons. The van der Waals surface area contributed by atoms with Crippen LogP contribution in [0.4, 0.5) is 0 Å². The predicted octanol–water partition coefficient (Wildman–Crippen LogP) is 1.01. The number of amides is 1. The Balaban J connectivity index is 2.76. The summed E-state index contributed by atoms with van der Waals surface area (Å²) in [4.78, 5) is 15.8. The maximum atomic E-state index is 11.5. The van der Waals surface area contributed by atoms with Gasteiger partial charge in [0.1, 0.15) is 11.3 Å². The lowest BCUT2D eigenvalue weighted by Gasteiger charge is -2.01. The van der Waals surface area contributed by atoms with E-state index in [0.29, 0.717) is 17.0 Å². The molecule has 0 aromatic carbocycles. The van der Waals surface area contributed by atoms with Crippen molar-refractivity contribution in [2.45, 2.75) is 6.92 Å². The Kier molecular flexibility index (Phi) is 2.45. The number of fused-ring (bicyclic) bond motifs is 1. The predicted molar refractivity (Wildman–Crippen MR) is 59.3 cm³/mol. The molecular formula is C9H9BrN4O. The Labute approximate surface area is 94.4 Å². The summed E-state index contributed by atoms with van der Waals surface area (Å²) in [6.07, 6.45) is 1.78. The summed E-state index contributed by atoms with van der Waals surface area (Å²) in [6, 6.07) is 3.69. The van der Waals surface area contributed by atoms with Crippen molar-refractivity contribution < 1.29 is 4.79 Å². The first-order chi connectivity index (χ1) is 7.13. The number of hydrogen-bond acceptors (Lipinski definition) is 3. The lowest BCUT2D eigenvalue weighted by Crippen LogP contribution is -2.31. The monoisotopic (exact) mass is 268 g/mol. The van der Waals surface area contributed by atoms with Gasteiger partial charge in [0.2, 0.25) is 0 Å². The minimum absolute atomic E-state index is 0.349. The van der Waals surface area contributed by atoms with Crippen molar-refractivity contribution in [2.24, 2.45) is 5.84 Å². The third-order valence-electron chi connectivity index (χ3n) is 2.10. The van der Waals surface area contributed by atoms with Crippen molar-refractivity contribution >= 4 is 27.5 Å². The molecule has 0 aliphatic heterocycles. The lowest BCUT2D eigenvalue weighted by atomic mass is 10.3. The summed E-state index contributed by atoms with van der Waals surface area (Å²) in [5.41, 5.74) is 3.92. The highest BCUT2D eigenvalue weighted by Gasteiger charge is 2.15. The van der Waals surface area contributed by atoms with Crippen LogP contribution in [-0.4, -0.2) is 15.3 Å². The number of halogens is 1. The van der Waals surface area contributed by atoms with Crippen LogP contribution in [0.15, 0.2) is 22.8 Å². The first kappa shape index (κ1) is 10.1. The van der Waals surface area contributed by atoms with E-state index < -0.39 is 0 Å². The number of nitrogen functional groups attached to an aromatic ring is 1. The second-order valence-corrected chi connectivity index (χ2v) is 4.01. The fraction of sp³-hybridized carbons (Fsp3) is 0.111. The largest absolute Gasteiger partial charge is 0.294 e. The van der Waals surface area contributed by atoms with E-state index in [1.54, 1.807) is 17.5 Å². The quantitative estimate of drug-likeness (QED) is 0.461. The molecule has 0 saturated heterocycles. The van der Waals surface area contributed by atoms with Crippen LogP contribution in [0.25, 0.3) is 5.65 Å². The van der Waals surface area contributed by atoms with Crippen LogP contribution in [0.2, 0.25) is 0 Å². The normalized spacial score (nSPS) is 10.6. The van der Waals surface area contributed by atoms with E-state index in [4.69, 9.17) is 5.84 Å². The van der Waals surface area contributed by atoms with Crippen LogP contribution in [-0.2, 0) is 0 Å². The molecule has 0 atom stereocenters. The number of carbonyl (C=O) groups is 1. The number of nitrogens with zero attached hydrogens (tertiary/aromatic N) is 2. The van der Waals surface area contributed by atoms with Crippen molar-refractivity contribution in [1.29, 1.82) is 0 Å². The van der Waals surface area contributed by atoms with Crippen molar-refractivity contribution in [3.63, 3.8) is 0 Å². The topological polar surface area (TPSA) is 72.4 Å². The van der Waals surface area contributed by atoms with E-state index in [1.807, 2.05) is 12.1 Å². The summed E-state index contributed by atoms with van der Waals surface area (Å²) in [6.45, 7) is 1.77. The molecule has 0 bridgehead atoms.